The van der Waals surface area contributed by atoms with E-state index in [9.17, 15) is 10.5 Å². The molecule has 0 radical (unpaired) electrons. The molecule has 6 rings (SSSR count). The van der Waals surface area contributed by atoms with Crippen LogP contribution in [0.5, 0.6) is 0 Å². The number of benzene rings is 1. The van der Waals surface area contributed by atoms with Crippen molar-refractivity contribution in [3.8, 4) is 12.1 Å². The molecule has 198 valence electrons. The Labute approximate surface area is 233 Å². The van der Waals surface area contributed by atoms with Crippen molar-refractivity contribution in [3.05, 3.63) is 68.3 Å². The van der Waals surface area contributed by atoms with Gasteiger partial charge < -0.3 is 5.32 Å². The normalized spacial score (nSPS) is 15.9. The molecule has 0 unspecified atom stereocenters. The Balaban J connectivity index is 1.46. The molecule has 3 aromatic heterocycles. The largest absolute Gasteiger partial charge is 0.383 e. The molecule has 3 heterocycles. The number of aryl methyl sites for hydroxylation is 1. The number of nitrogens with zero attached hydrogens (tertiary/aromatic N) is 6. The third-order valence-corrected chi connectivity index (χ3v) is 8.89. The van der Waals surface area contributed by atoms with Crippen molar-refractivity contribution in [1.29, 1.82) is 10.5 Å². The van der Waals surface area contributed by atoms with E-state index in [0.29, 0.717) is 35.7 Å². The molecule has 2 aliphatic rings. The van der Waals surface area contributed by atoms with E-state index in [-0.39, 0.29) is 11.3 Å². The van der Waals surface area contributed by atoms with Crippen LogP contribution in [0.2, 0.25) is 0 Å². The molecule has 39 heavy (non-hydrogen) atoms. The van der Waals surface area contributed by atoms with Gasteiger partial charge in [-0.25, -0.2) is 4.68 Å². The standard InChI is InChI=1S/C31H33N7S/c1-31(2,3)18-35-30-21(14-33)15-34-29-20(13-32)10-19(12-25(29)30)11-24(27-16-38(37-36-27)22-8-9-22)26-17-39-28-7-5-4-6-23(26)28/h10,12,15-17,22,24H,4-9,11,18H2,1-3H3,(H,34,35)/t24-/m0/s1. The number of fused-ring (bicyclic) bond motifs is 2. The molecule has 1 aromatic carbocycles. The summed E-state index contributed by atoms with van der Waals surface area (Å²) in [5, 5.41) is 35.8. The highest BCUT2D eigenvalue weighted by molar-refractivity contribution is 7.10. The van der Waals surface area contributed by atoms with Crippen LogP contribution >= 0.6 is 11.3 Å². The average Bonchev–Trinajstić information content (AvgIpc) is 3.51. The number of anilines is 1. The maximum atomic E-state index is 10.1. The van der Waals surface area contributed by atoms with E-state index >= 15 is 0 Å². The zero-order chi connectivity index (χ0) is 27.1. The predicted molar refractivity (Wildman–Crippen MR) is 154 cm³/mol. The molecule has 8 heteroatoms. The lowest BCUT2D eigenvalue weighted by molar-refractivity contribution is 0.443. The summed E-state index contributed by atoms with van der Waals surface area (Å²) in [6.07, 6.45) is 11.5. The first-order valence-corrected chi connectivity index (χ1v) is 14.7. The van der Waals surface area contributed by atoms with Crippen molar-refractivity contribution in [2.75, 3.05) is 11.9 Å². The number of hydrogen-bond donors (Lipinski definition) is 1. The van der Waals surface area contributed by atoms with E-state index in [1.807, 2.05) is 22.1 Å². The molecule has 0 aliphatic heterocycles. The average molecular weight is 536 g/mol. The Morgan fingerprint density at radius 3 is 2.67 bits per heavy atom. The fourth-order valence-corrected chi connectivity index (χ4v) is 6.78. The molecule has 2 aliphatic carbocycles. The summed E-state index contributed by atoms with van der Waals surface area (Å²) in [6, 6.07) is 9.22. The van der Waals surface area contributed by atoms with Crippen LogP contribution in [0.25, 0.3) is 10.9 Å². The predicted octanol–water partition coefficient (Wildman–Crippen LogP) is 6.68. The number of aromatic nitrogens is 4. The number of hydrogen-bond acceptors (Lipinski definition) is 7. The number of nitriles is 2. The molecule has 1 atom stereocenters. The van der Waals surface area contributed by atoms with Crippen LogP contribution in [0.15, 0.2) is 29.9 Å². The number of thiophene rings is 1. The van der Waals surface area contributed by atoms with Gasteiger partial charge >= 0.3 is 0 Å². The van der Waals surface area contributed by atoms with E-state index in [0.717, 1.165) is 48.0 Å². The molecule has 1 fully saturated rings. The van der Waals surface area contributed by atoms with Crippen LogP contribution in [0, 0.1) is 28.1 Å². The second-order valence-electron chi connectivity index (χ2n) is 12.1. The fourth-order valence-electron chi connectivity index (χ4n) is 5.58. The first kappa shape index (κ1) is 25.5. The molecule has 1 saturated carbocycles. The van der Waals surface area contributed by atoms with E-state index in [2.05, 4.69) is 71.2 Å². The summed E-state index contributed by atoms with van der Waals surface area (Å²) in [4.78, 5) is 6.04. The second kappa shape index (κ2) is 10.1. The topological polar surface area (TPSA) is 103 Å². The van der Waals surface area contributed by atoms with Gasteiger partial charge in [0.05, 0.1) is 34.1 Å². The van der Waals surface area contributed by atoms with Gasteiger partial charge in [0.25, 0.3) is 0 Å². The van der Waals surface area contributed by atoms with Crippen LogP contribution < -0.4 is 5.32 Å². The highest BCUT2D eigenvalue weighted by Gasteiger charge is 2.29. The van der Waals surface area contributed by atoms with Gasteiger partial charge in [0.1, 0.15) is 12.1 Å². The molecule has 0 spiro atoms. The SMILES string of the molecule is CC(C)(C)CNc1c(C#N)cnc2c(C#N)cc(C[C@H](c3cn(C4CC4)nn3)c3csc4c3CCCC4)cc12. The molecule has 1 N–H and O–H groups in total. The monoisotopic (exact) mass is 535 g/mol. The zero-order valence-electron chi connectivity index (χ0n) is 22.8. The minimum Gasteiger partial charge on any atom is -0.383 e. The Morgan fingerprint density at radius 1 is 1.13 bits per heavy atom. The summed E-state index contributed by atoms with van der Waals surface area (Å²) in [5.74, 6) is 0.0534. The van der Waals surface area contributed by atoms with Crippen molar-refractivity contribution < 1.29 is 0 Å². The summed E-state index contributed by atoms with van der Waals surface area (Å²) in [5.41, 5.74) is 7.28. The molecular formula is C31H33N7S. The Hall–Kier alpha value is -3.75. The smallest absolute Gasteiger partial charge is 0.103 e. The van der Waals surface area contributed by atoms with Gasteiger partial charge in [0, 0.05) is 35.1 Å². The summed E-state index contributed by atoms with van der Waals surface area (Å²) < 4.78 is 2.03. The van der Waals surface area contributed by atoms with E-state index in [1.54, 1.807) is 6.20 Å². The minimum atomic E-state index is 0.0223. The van der Waals surface area contributed by atoms with Gasteiger partial charge in [0.15, 0.2) is 0 Å². The number of pyridine rings is 1. The third kappa shape index (κ3) is 5.14. The van der Waals surface area contributed by atoms with Crippen molar-refractivity contribution in [2.24, 2.45) is 5.41 Å². The van der Waals surface area contributed by atoms with Gasteiger partial charge in [-0.3, -0.25) is 4.98 Å². The fraction of sp³-hybridized carbons (Fsp3) is 0.452. The van der Waals surface area contributed by atoms with Gasteiger partial charge in [-0.05, 0) is 84.6 Å². The first-order valence-electron chi connectivity index (χ1n) is 13.8. The van der Waals surface area contributed by atoms with Crippen LogP contribution in [0.1, 0.15) is 96.8 Å². The molecule has 7 nitrogen and oxygen atoms in total. The maximum Gasteiger partial charge on any atom is 0.103 e. The van der Waals surface area contributed by atoms with E-state index in [4.69, 9.17) is 0 Å². The first-order chi connectivity index (χ1) is 18.8. The van der Waals surface area contributed by atoms with Gasteiger partial charge in [0.2, 0.25) is 0 Å². The summed E-state index contributed by atoms with van der Waals surface area (Å²) >= 11 is 1.87. The highest BCUT2D eigenvalue weighted by Crippen LogP contribution is 2.40. The summed E-state index contributed by atoms with van der Waals surface area (Å²) in [6.45, 7) is 7.16. The maximum absolute atomic E-state index is 10.1. The van der Waals surface area contributed by atoms with Crippen molar-refractivity contribution >= 4 is 27.9 Å². The van der Waals surface area contributed by atoms with Crippen molar-refractivity contribution in [1.82, 2.24) is 20.0 Å². The third-order valence-electron chi connectivity index (χ3n) is 7.78. The lowest BCUT2D eigenvalue weighted by Gasteiger charge is -2.22. The van der Waals surface area contributed by atoms with Crippen LogP contribution in [-0.2, 0) is 19.3 Å². The lowest BCUT2D eigenvalue weighted by atomic mass is 9.84. The number of rotatable bonds is 7. The summed E-state index contributed by atoms with van der Waals surface area (Å²) in [7, 11) is 0. The van der Waals surface area contributed by atoms with Crippen LogP contribution in [0.4, 0.5) is 5.69 Å². The lowest BCUT2D eigenvalue weighted by Crippen LogP contribution is -2.20. The van der Waals surface area contributed by atoms with E-state index < -0.39 is 0 Å². The molecule has 0 bridgehead atoms. The van der Waals surface area contributed by atoms with E-state index in [1.165, 1.54) is 28.8 Å². The molecule has 0 amide bonds. The minimum absolute atomic E-state index is 0.0223. The van der Waals surface area contributed by atoms with Crippen molar-refractivity contribution in [3.63, 3.8) is 0 Å². The van der Waals surface area contributed by atoms with Crippen LogP contribution in [-0.4, -0.2) is 26.5 Å². The van der Waals surface area contributed by atoms with Crippen LogP contribution in [0.3, 0.4) is 0 Å². The van der Waals surface area contributed by atoms with Gasteiger partial charge in [-0.15, -0.1) is 16.4 Å². The molecule has 4 aromatic rings. The Kier molecular flexibility index (Phi) is 6.61. The number of nitrogens with one attached hydrogen (secondary N) is 1. The molecular weight excluding hydrogens is 502 g/mol. The van der Waals surface area contributed by atoms with Gasteiger partial charge in [-0.2, -0.15) is 10.5 Å². The molecule has 0 saturated heterocycles. The van der Waals surface area contributed by atoms with Gasteiger partial charge in [-0.1, -0.05) is 26.0 Å². The zero-order valence-corrected chi connectivity index (χ0v) is 23.6. The van der Waals surface area contributed by atoms with Crippen molar-refractivity contribution in [2.45, 2.75) is 77.7 Å². The second-order valence-corrected chi connectivity index (χ2v) is 13.1. The quantitative estimate of drug-likeness (QED) is 0.283. The highest BCUT2D eigenvalue weighted by atomic mass is 32.1. The Bertz CT molecular complexity index is 1620. The Morgan fingerprint density at radius 2 is 1.92 bits per heavy atom.